The van der Waals surface area contributed by atoms with Crippen LogP contribution < -0.4 is 0 Å². The lowest BCUT2D eigenvalue weighted by atomic mass is 10.1. The molecule has 5 rings (SSSR count). The highest BCUT2D eigenvalue weighted by Crippen LogP contribution is 2.25. The Morgan fingerprint density at radius 2 is 1.86 bits per heavy atom. The van der Waals surface area contributed by atoms with Crippen LogP contribution in [0.25, 0.3) is 11.3 Å². The van der Waals surface area contributed by atoms with Gasteiger partial charge in [-0.1, -0.05) is 29.1 Å². The van der Waals surface area contributed by atoms with E-state index < -0.39 is 0 Å². The minimum absolute atomic E-state index is 0.173. The van der Waals surface area contributed by atoms with E-state index in [0.29, 0.717) is 17.9 Å². The van der Waals surface area contributed by atoms with Crippen LogP contribution >= 0.6 is 0 Å². The van der Waals surface area contributed by atoms with Crippen molar-refractivity contribution in [2.75, 3.05) is 6.61 Å². The van der Waals surface area contributed by atoms with E-state index in [1.54, 1.807) is 18.3 Å². The molecule has 0 aliphatic carbocycles. The molecule has 0 amide bonds. The predicted molar refractivity (Wildman–Crippen MR) is 134 cm³/mol. The predicted octanol–water partition coefficient (Wildman–Crippen LogP) is 5.40. The second-order valence-electron chi connectivity index (χ2n) is 8.74. The van der Waals surface area contributed by atoms with Gasteiger partial charge in [-0.25, -0.2) is 4.98 Å². The summed E-state index contributed by atoms with van der Waals surface area (Å²) >= 11 is 0. The highest BCUT2D eigenvalue weighted by Gasteiger charge is 2.21. The van der Waals surface area contributed by atoms with Crippen molar-refractivity contribution in [1.29, 1.82) is 0 Å². The number of aldehydes is 1. The summed E-state index contributed by atoms with van der Waals surface area (Å²) < 4.78 is 19.4. The molecule has 36 heavy (non-hydrogen) atoms. The van der Waals surface area contributed by atoms with E-state index in [-0.39, 0.29) is 12.4 Å². The molecule has 0 N–H and O–H groups in total. The zero-order chi connectivity index (χ0) is 24.7. The number of nitrogens with zero attached hydrogens (tertiary/aromatic N) is 3. The van der Waals surface area contributed by atoms with Gasteiger partial charge in [0, 0.05) is 47.3 Å². The molecule has 1 saturated heterocycles. The average molecular weight is 482 g/mol. The van der Waals surface area contributed by atoms with Gasteiger partial charge in [-0.2, -0.15) is 0 Å². The topological polar surface area (TPSA) is 79.4 Å². The molecule has 0 saturated carbocycles. The minimum atomic E-state index is -0.189. The molecule has 182 valence electrons. The molecule has 1 fully saturated rings. The van der Waals surface area contributed by atoms with Crippen molar-refractivity contribution in [2.45, 2.75) is 45.1 Å². The summed E-state index contributed by atoms with van der Waals surface area (Å²) in [6.07, 6.45) is 7.28. The first kappa shape index (κ1) is 23.7. The van der Waals surface area contributed by atoms with E-state index in [0.717, 1.165) is 60.4 Å². The largest absolute Gasteiger partial charge is 0.356 e. The maximum atomic E-state index is 10.8. The molecule has 0 radical (unpaired) electrons. The zero-order valence-electron chi connectivity index (χ0n) is 20.1. The van der Waals surface area contributed by atoms with Gasteiger partial charge >= 0.3 is 0 Å². The molecule has 0 spiro atoms. The summed E-state index contributed by atoms with van der Waals surface area (Å²) in [6, 6.07) is 17.0. The molecule has 2 aromatic carbocycles. The summed E-state index contributed by atoms with van der Waals surface area (Å²) in [5, 5.41) is 4.25. The number of carbonyl (C=O) groups is 1. The standard InChI is InChI=1S/C29H27N3O4/c1-21(35-28-4-2-3-17-34-28)29-30-15-16-32(29)19-26-18-27(36-31-26)25-13-11-23(12-14-25)6-5-22-7-9-24(20-33)10-8-22/h7-16,18,20-21,28H,2-4,17,19H2,1H3/t21-,28?/m0/s1. The van der Waals surface area contributed by atoms with Crippen molar-refractivity contribution in [2.24, 2.45) is 0 Å². The molecule has 3 heterocycles. The number of imidazole rings is 1. The van der Waals surface area contributed by atoms with Crippen LogP contribution in [-0.4, -0.2) is 33.9 Å². The van der Waals surface area contributed by atoms with Crippen molar-refractivity contribution >= 4 is 6.29 Å². The van der Waals surface area contributed by atoms with Crippen LogP contribution in [0.5, 0.6) is 0 Å². The van der Waals surface area contributed by atoms with E-state index in [9.17, 15) is 4.79 Å². The van der Waals surface area contributed by atoms with Crippen LogP contribution in [0.3, 0.4) is 0 Å². The third-order valence-corrected chi connectivity index (χ3v) is 6.06. The van der Waals surface area contributed by atoms with Gasteiger partial charge in [-0.3, -0.25) is 4.79 Å². The van der Waals surface area contributed by atoms with Crippen molar-refractivity contribution in [3.05, 3.63) is 95.2 Å². The quantitative estimate of drug-likeness (QED) is 0.260. The van der Waals surface area contributed by atoms with Crippen LogP contribution in [0.4, 0.5) is 0 Å². The minimum Gasteiger partial charge on any atom is -0.356 e. The monoisotopic (exact) mass is 481 g/mol. The summed E-state index contributed by atoms with van der Waals surface area (Å²) in [5.41, 5.74) is 4.10. The summed E-state index contributed by atoms with van der Waals surface area (Å²) in [5.74, 6) is 7.78. The van der Waals surface area contributed by atoms with Crippen molar-refractivity contribution in [3.8, 4) is 23.2 Å². The van der Waals surface area contributed by atoms with Gasteiger partial charge in [0.15, 0.2) is 12.1 Å². The van der Waals surface area contributed by atoms with E-state index in [4.69, 9.17) is 14.0 Å². The first-order valence-corrected chi connectivity index (χ1v) is 12.1. The highest BCUT2D eigenvalue weighted by atomic mass is 16.7. The van der Waals surface area contributed by atoms with Gasteiger partial charge in [0.05, 0.1) is 6.54 Å². The second-order valence-corrected chi connectivity index (χ2v) is 8.74. The fourth-order valence-corrected chi connectivity index (χ4v) is 4.12. The molecule has 1 aliphatic heterocycles. The van der Waals surface area contributed by atoms with Crippen LogP contribution in [0.2, 0.25) is 0 Å². The molecule has 1 unspecified atom stereocenters. The molecule has 1 aliphatic rings. The Balaban J connectivity index is 1.22. The maximum absolute atomic E-state index is 10.8. The highest BCUT2D eigenvalue weighted by molar-refractivity contribution is 5.74. The molecule has 0 bridgehead atoms. The van der Waals surface area contributed by atoms with E-state index >= 15 is 0 Å². The number of benzene rings is 2. The first-order chi connectivity index (χ1) is 17.7. The van der Waals surface area contributed by atoms with Crippen molar-refractivity contribution in [1.82, 2.24) is 14.7 Å². The number of aromatic nitrogens is 3. The molecule has 2 atom stereocenters. The Bertz CT molecular complexity index is 1350. The fourth-order valence-electron chi connectivity index (χ4n) is 4.12. The number of ether oxygens (including phenoxy) is 2. The third-order valence-electron chi connectivity index (χ3n) is 6.06. The smallest absolute Gasteiger partial charge is 0.167 e. The Kier molecular flexibility index (Phi) is 7.36. The number of hydrogen-bond acceptors (Lipinski definition) is 6. The van der Waals surface area contributed by atoms with Crippen LogP contribution in [0.15, 0.2) is 71.5 Å². The van der Waals surface area contributed by atoms with E-state index in [2.05, 4.69) is 22.0 Å². The lowest BCUT2D eigenvalue weighted by Gasteiger charge is -2.26. The van der Waals surface area contributed by atoms with E-state index in [1.165, 1.54) is 0 Å². The maximum Gasteiger partial charge on any atom is 0.167 e. The molecule has 4 aromatic rings. The summed E-state index contributed by atoms with van der Waals surface area (Å²) in [6.45, 7) is 3.28. The Morgan fingerprint density at radius 3 is 2.56 bits per heavy atom. The lowest BCUT2D eigenvalue weighted by molar-refractivity contribution is -0.188. The fraction of sp³-hybridized carbons (Fsp3) is 0.276. The van der Waals surface area contributed by atoms with Crippen molar-refractivity contribution in [3.63, 3.8) is 0 Å². The van der Waals surface area contributed by atoms with Crippen LogP contribution in [-0.2, 0) is 16.0 Å². The Labute approximate surface area is 210 Å². The Morgan fingerprint density at radius 1 is 1.11 bits per heavy atom. The molecular weight excluding hydrogens is 454 g/mol. The van der Waals surface area contributed by atoms with E-state index in [1.807, 2.05) is 60.2 Å². The van der Waals surface area contributed by atoms with Gasteiger partial charge in [-0.15, -0.1) is 0 Å². The van der Waals surface area contributed by atoms with Crippen molar-refractivity contribution < 1.29 is 18.8 Å². The number of hydrogen-bond donors (Lipinski definition) is 0. The summed E-state index contributed by atoms with van der Waals surface area (Å²) in [4.78, 5) is 15.3. The third kappa shape index (κ3) is 5.80. The SMILES string of the molecule is C[C@H](OC1CCCCO1)c1nccn1Cc1cc(-c2ccc(C#Cc3ccc(C=O)cc3)cc2)on1. The first-order valence-electron chi connectivity index (χ1n) is 12.1. The zero-order valence-corrected chi connectivity index (χ0v) is 20.1. The number of rotatable bonds is 7. The summed E-state index contributed by atoms with van der Waals surface area (Å²) in [7, 11) is 0. The van der Waals surface area contributed by atoms with Gasteiger partial charge < -0.3 is 18.6 Å². The Hall–Kier alpha value is -3.99. The van der Waals surface area contributed by atoms with Crippen LogP contribution in [0, 0.1) is 11.8 Å². The lowest BCUT2D eigenvalue weighted by Crippen LogP contribution is -2.24. The molecule has 2 aromatic heterocycles. The average Bonchev–Trinajstić information content (AvgIpc) is 3.59. The van der Waals surface area contributed by atoms with Gasteiger partial charge in [0.1, 0.15) is 23.9 Å². The molecular formula is C29H27N3O4. The van der Waals surface area contributed by atoms with Gasteiger partial charge in [0.2, 0.25) is 0 Å². The van der Waals surface area contributed by atoms with Crippen LogP contribution in [0.1, 0.15) is 65.3 Å². The molecule has 7 heteroatoms. The van der Waals surface area contributed by atoms with Gasteiger partial charge in [0.25, 0.3) is 0 Å². The molecule has 7 nitrogen and oxygen atoms in total. The normalized spacial score (nSPS) is 16.2. The van der Waals surface area contributed by atoms with Gasteiger partial charge in [-0.05, 0) is 62.6 Å². The second kappa shape index (κ2) is 11.2. The number of carbonyl (C=O) groups excluding carboxylic acids is 1.